The summed E-state index contributed by atoms with van der Waals surface area (Å²) in [5.41, 5.74) is 2.64. The molecule has 1 atom stereocenters. The van der Waals surface area contributed by atoms with Gasteiger partial charge in [0, 0.05) is 34.9 Å². The minimum atomic E-state index is -0.0560. The lowest BCUT2D eigenvalue weighted by atomic mass is 10.2. The van der Waals surface area contributed by atoms with E-state index >= 15 is 0 Å². The third kappa shape index (κ3) is 4.62. The van der Waals surface area contributed by atoms with Gasteiger partial charge >= 0.3 is 0 Å². The Bertz CT molecular complexity index is 792. The molecule has 1 saturated heterocycles. The normalized spacial score (nSPS) is 15.2. The summed E-state index contributed by atoms with van der Waals surface area (Å²) >= 11 is 6.17. The van der Waals surface area contributed by atoms with Gasteiger partial charge in [0.1, 0.15) is 6.54 Å². The molecule has 3 rings (SSSR count). The quantitative estimate of drug-likeness (QED) is 0.816. The lowest BCUT2D eigenvalue weighted by molar-refractivity contribution is -0.885. The molecule has 2 aromatic rings. The molecule has 1 aliphatic heterocycles. The Morgan fingerprint density at radius 2 is 1.92 bits per heavy atom. The van der Waals surface area contributed by atoms with Crippen molar-refractivity contribution in [2.75, 3.05) is 30.4 Å². The van der Waals surface area contributed by atoms with Crippen molar-refractivity contribution < 1.29 is 14.5 Å². The predicted molar refractivity (Wildman–Crippen MR) is 104 cm³/mol. The minimum Gasteiger partial charge on any atom is -0.326 e. The molecule has 2 amide bonds. The molecular formula is C20H23ClN3O2+. The molecular weight excluding hydrogens is 350 g/mol. The lowest BCUT2D eigenvalue weighted by Crippen LogP contribution is -3.08. The number of quaternary nitrogens is 1. The van der Waals surface area contributed by atoms with Crippen LogP contribution in [0.4, 0.5) is 11.4 Å². The molecule has 0 radical (unpaired) electrons. The third-order valence-electron chi connectivity index (χ3n) is 4.45. The number of hydrogen-bond acceptors (Lipinski definition) is 2. The second-order valence-corrected chi connectivity index (χ2v) is 7.05. The van der Waals surface area contributed by atoms with Gasteiger partial charge in [0.15, 0.2) is 6.54 Å². The van der Waals surface area contributed by atoms with Crippen molar-refractivity contribution in [1.82, 2.24) is 0 Å². The van der Waals surface area contributed by atoms with E-state index in [0.717, 1.165) is 39.8 Å². The maximum atomic E-state index is 12.3. The second kappa shape index (κ2) is 8.34. The van der Waals surface area contributed by atoms with E-state index in [2.05, 4.69) is 5.32 Å². The van der Waals surface area contributed by atoms with Crippen LogP contribution in [0.25, 0.3) is 0 Å². The minimum absolute atomic E-state index is 0.0560. The number of anilines is 2. The number of carbonyl (C=O) groups excluding carboxylic acids is 2. The topological polar surface area (TPSA) is 53.9 Å². The van der Waals surface area contributed by atoms with Crippen molar-refractivity contribution in [3.8, 4) is 0 Å². The van der Waals surface area contributed by atoms with Gasteiger partial charge in [-0.3, -0.25) is 9.59 Å². The van der Waals surface area contributed by atoms with Crippen LogP contribution in [0.1, 0.15) is 18.4 Å². The Kier molecular flexibility index (Phi) is 5.91. The summed E-state index contributed by atoms with van der Waals surface area (Å²) in [7, 11) is 1.96. The van der Waals surface area contributed by atoms with Crippen molar-refractivity contribution in [3.05, 3.63) is 59.1 Å². The first-order chi connectivity index (χ1) is 12.5. The number of nitrogens with one attached hydrogen (secondary N) is 2. The van der Waals surface area contributed by atoms with Crippen LogP contribution in [-0.4, -0.2) is 32.0 Å². The number of carbonyl (C=O) groups is 2. The smallest absolute Gasteiger partial charge is 0.279 e. The molecule has 0 bridgehead atoms. The van der Waals surface area contributed by atoms with Crippen molar-refractivity contribution in [3.63, 3.8) is 0 Å². The van der Waals surface area contributed by atoms with Gasteiger partial charge in [-0.1, -0.05) is 29.8 Å². The zero-order chi connectivity index (χ0) is 18.5. The molecule has 2 N–H and O–H groups in total. The van der Waals surface area contributed by atoms with Crippen LogP contribution < -0.4 is 15.1 Å². The molecule has 136 valence electrons. The van der Waals surface area contributed by atoms with Crippen molar-refractivity contribution >= 4 is 34.8 Å². The van der Waals surface area contributed by atoms with Crippen LogP contribution >= 0.6 is 11.6 Å². The highest BCUT2D eigenvalue weighted by Crippen LogP contribution is 2.22. The first-order valence-corrected chi connectivity index (χ1v) is 9.16. The Morgan fingerprint density at radius 3 is 2.58 bits per heavy atom. The van der Waals surface area contributed by atoms with Gasteiger partial charge in [-0.2, -0.15) is 0 Å². The highest BCUT2D eigenvalue weighted by atomic mass is 35.5. The molecule has 1 heterocycles. The van der Waals surface area contributed by atoms with Gasteiger partial charge in [0.2, 0.25) is 5.91 Å². The Balaban J connectivity index is 1.53. The van der Waals surface area contributed by atoms with E-state index in [1.54, 1.807) is 4.90 Å². The largest absolute Gasteiger partial charge is 0.326 e. The highest BCUT2D eigenvalue weighted by Gasteiger charge is 2.21. The first-order valence-electron chi connectivity index (χ1n) is 8.78. The van der Waals surface area contributed by atoms with Gasteiger partial charge in [0.05, 0.1) is 7.05 Å². The van der Waals surface area contributed by atoms with Crippen LogP contribution in [0.5, 0.6) is 0 Å². The fourth-order valence-electron chi connectivity index (χ4n) is 3.15. The molecule has 6 heteroatoms. The van der Waals surface area contributed by atoms with Crippen molar-refractivity contribution in [1.29, 1.82) is 0 Å². The first kappa shape index (κ1) is 18.4. The Labute approximate surface area is 158 Å². The number of halogens is 1. The molecule has 1 aliphatic rings. The summed E-state index contributed by atoms with van der Waals surface area (Å²) < 4.78 is 0. The predicted octanol–water partition coefficient (Wildman–Crippen LogP) is 2.12. The fraction of sp³-hybridized carbons (Fsp3) is 0.300. The average molecular weight is 373 g/mol. The molecule has 26 heavy (non-hydrogen) atoms. The maximum absolute atomic E-state index is 12.3. The van der Waals surface area contributed by atoms with E-state index in [4.69, 9.17) is 11.6 Å². The van der Waals surface area contributed by atoms with Crippen molar-refractivity contribution in [2.45, 2.75) is 19.4 Å². The highest BCUT2D eigenvalue weighted by molar-refractivity contribution is 6.31. The number of likely N-dealkylation sites (N-methyl/N-ethyl adjacent to an activating group) is 1. The zero-order valence-electron chi connectivity index (χ0n) is 14.8. The molecule has 2 aromatic carbocycles. The number of benzene rings is 2. The van der Waals surface area contributed by atoms with Gasteiger partial charge < -0.3 is 15.1 Å². The fourth-order valence-corrected chi connectivity index (χ4v) is 3.36. The van der Waals surface area contributed by atoms with Crippen molar-refractivity contribution in [2.24, 2.45) is 0 Å². The van der Waals surface area contributed by atoms with Crippen LogP contribution in [0.3, 0.4) is 0 Å². The molecule has 0 aromatic heterocycles. The monoisotopic (exact) mass is 372 g/mol. The second-order valence-electron chi connectivity index (χ2n) is 6.65. The van der Waals surface area contributed by atoms with E-state index in [0.29, 0.717) is 19.5 Å². The molecule has 0 aliphatic carbocycles. The molecule has 0 spiro atoms. The number of rotatable bonds is 6. The molecule has 0 saturated carbocycles. The van der Waals surface area contributed by atoms with Crippen LogP contribution in [-0.2, 0) is 16.1 Å². The van der Waals surface area contributed by atoms with E-state index in [1.807, 2.05) is 55.6 Å². The van der Waals surface area contributed by atoms with Crippen LogP contribution in [0.15, 0.2) is 48.5 Å². The molecule has 1 unspecified atom stereocenters. The van der Waals surface area contributed by atoms with Gasteiger partial charge in [-0.25, -0.2) is 0 Å². The van der Waals surface area contributed by atoms with E-state index in [-0.39, 0.29) is 11.8 Å². The summed E-state index contributed by atoms with van der Waals surface area (Å²) in [6.07, 6.45) is 1.51. The maximum Gasteiger partial charge on any atom is 0.279 e. The number of amides is 2. The third-order valence-corrected chi connectivity index (χ3v) is 4.82. The summed E-state index contributed by atoms with van der Waals surface area (Å²) in [4.78, 5) is 26.9. The average Bonchev–Trinajstić information content (AvgIpc) is 3.03. The number of nitrogens with zero attached hydrogens (tertiary/aromatic N) is 1. The van der Waals surface area contributed by atoms with Gasteiger partial charge in [-0.05, 0) is 36.8 Å². The molecule has 1 fully saturated rings. The van der Waals surface area contributed by atoms with E-state index in [1.165, 1.54) is 0 Å². The summed E-state index contributed by atoms with van der Waals surface area (Å²) in [5.74, 6) is 0.103. The molecule has 5 nitrogen and oxygen atoms in total. The standard InChI is InChI=1S/C20H22ClN3O2/c1-23(13-15-5-2-3-6-18(15)21)14-19(25)22-16-8-10-17(11-9-16)24-12-4-7-20(24)26/h2-3,5-6,8-11H,4,7,12-14H2,1H3,(H,22,25)/p+1. The van der Waals surface area contributed by atoms with Gasteiger partial charge in [0.25, 0.3) is 5.91 Å². The van der Waals surface area contributed by atoms with E-state index < -0.39 is 0 Å². The SMILES string of the molecule is C[NH+](CC(=O)Nc1ccc(N2CCCC2=O)cc1)Cc1ccccc1Cl. The summed E-state index contributed by atoms with van der Waals surface area (Å²) in [6.45, 7) is 1.79. The summed E-state index contributed by atoms with van der Waals surface area (Å²) in [6, 6.07) is 15.1. The van der Waals surface area contributed by atoms with Gasteiger partial charge in [-0.15, -0.1) is 0 Å². The van der Waals surface area contributed by atoms with Crippen LogP contribution in [0, 0.1) is 0 Å². The lowest BCUT2D eigenvalue weighted by Gasteiger charge is -2.17. The zero-order valence-corrected chi connectivity index (χ0v) is 15.6. The summed E-state index contributed by atoms with van der Waals surface area (Å²) in [5, 5.41) is 3.63. The Hall–Kier alpha value is -2.37. The Morgan fingerprint density at radius 1 is 1.19 bits per heavy atom. The van der Waals surface area contributed by atoms with E-state index in [9.17, 15) is 9.59 Å². The number of hydrogen-bond donors (Lipinski definition) is 2. The van der Waals surface area contributed by atoms with Crippen LogP contribution in [0.2, 0.25) is 5.02 Å².